The molecule has 1 aliphatic rings. The number of hydrogen-bond acceptors (Lipinski definition) is 17. The number of ether oxygens (including phenoxy) is 6. The zero-order valence-corrected chi connectivity index (χ0v) is 26.9. The summed E-state index contributed by atoms with van der Waals surface area (Å²) in [6.45, 7) is 4.08. The molecule has 0 saturated carbocycles. The Morgan fingerprint density at radius 2 is 1.72 bits per heavy atom. The Labute approximate surface area is 262 Å². The van der Waals surface area contributed by atoms with Gasteiger partial charge in [-0.05, 0) is 41.5 Å². The van der Waals surface area contributed by atoms with Crippen LogP contribution in [0.25, 0.3) is 11.2 Å². The highest BCUT2D eigenvalue weighted by Crippen LogP contribution is 2.51. The van der Waals surface area contributed by atoms with Crippen molar-refractivity contribution in [2.24, 2.45) is 0 Å². The minimum absolute atomic E-state index is 0.0432. The third kappa shape index (κ3) is 9.32. The predicted octanol–water partition coefficient (Wildman–Crippen LogP) is 3.37. The van der Waals surface area contributed by atoms with Crippen molar-refractivity contribution in [2.45, 2.75) is 77.2 Å². The molecule has 260 valence electrons. The Hall–Kier alpha value is -3.42. The molecule has 1 saturated heterocycles. The number of fused-ring (bicyclic) bond motifs is 1. The summed E-state index contributed by atoms with van der Waals surface area (Å²) >= 11 is 0. The molecule has 0 aliphatic carbocycles. The van der Waals surface area contributed by atoms with Crippen molar-refractivity contribution in [3.8, 4) is 5.88 Å². The molecular weight excluding hydrogens is 647 g/mol. The van der Waals surface area contributed by atoms with Crippen LogP contribution in [-0.4, -0.2) is 107 Å². The van der Waals surface area contributed by atoms with Gasteiger partial charge in [0, 0.05) is 0 Å². The van der Waals surface area contributed by atoms with Gasteiger partial charge in [-0.25, -0.2) is 37.0 Å². The summed E-state index contributed by atoms with van der Waals surface area (Å²) in [5, 5.41) is 11.4. The molecule has 0 spiro atoms. The SMILES string of the molecule is CCOc1nc(N)nc2c1ncn2[C@@H]1COC[C@](F)(COP(=O)(OCOC(=O)OC(C)C)OCOC(=O)OC(C)C)[C@@H](F)[C@@]1(C)O. The van der Waals surface area contributed by atoms with E-state index in [1.807, 2.05) is 0 Å². The number of hydrogen-bond donors (Lipinski definition) is 2. The van der Waals surface area contributed by atoms with Gasteiger partial charge in [0.25, 0.3) is 0 Å². The van der Waals surface area contributed by atoms with E-state index in [9.17, 15) is 19.3 Å². The van der Waals surface area contributed by atoms with Crippen molar-refractivity contribution in [3.05, 3.63) is 6.33 Å². The first-order chi connectivity index (χ1) is 21.5. The fraction of sp³-hybridized carbons (Fsp3) is 0.720. The Morgan fingerprint density at radius 3 is 2.26 bits per heavy atom. The van der Waals surface area contributed by atoms with E-state index in [-0.39, 0.29) is 29.6 Å². The number of nitrogens with zero attached hydrogens (tertiary/aromatic N) is 4. The molecule has 2 aromatic rings. The summed E-state index contributed by atoms with van der Waals surface area (Å²) in [5.41, 5.74) is 0.296. The Balaban J connectivity index is 1.80. The van der Waals surface area contributed by atoms with Gasteiger partial charge in [-0.15, -0.1) is 0 Å². The summed E-state index contributed by atoms with van der Waals surface area (Å²) in [4.78, 5) is 35.6. The summed E-state index contributed by atoms with van der Waals surface area (Å²) < 4.78 is 91.3. The van der Waals surface area contributed by atoms with Crippen molar-refractivity contribution >= 4 is 37.2 Å². The number of phosphoric acid groups is 1. The van der Waals surface area contributed by atoms with Gasteiger partial charge in [0.15, 0.2) is 23.0 Å². The summed E-state index contributed by atoms with van der Waals surface area (Å²) in [7, 11) is -4.98. The number of anilines is 1. The largest absolute Gasteiger partial charge is 0.510 e. The van der Waals surface area contributed by atoms with Crippen LogP contribution in [0.1, 0.15) is 47.6 Å². The van der Waals surface area contributed by atoms with E-state index in [0.717, 1.165) is 6.92 Å². The molecule has 3 rings (SSSR count). The molecule has 46 heavy (non-hydrogen) atoms. The number of aromatic nitrogens is 4. The van der Waals surface area contributed by atoms with Gasteiger partial charge in [0.05, 0.1) is 51.0 Å². The van der Waals surface area contributed by atoms with Crippen molar-refractivity contribution < 1.29 is 70.0 Å². The van der Waals surface area contributed by atoms with Crippen LogP contribution in [0.4, 0.5) is 24.3 Å². The van der Waals surface area contributed by atoms with Crippen LogP contribution in [0.3, 0.4) is 0 Å². The quantitative estimate of drug-likeness (QED) is 0.165. The van der Waals surface area contributed by atoms with Gasteiger partial charge < -0.3 is 43.8 Å². The fourth-order valence-electron chi connectivity index (χ4n) is 4.15. The van der Waals surface area contributed by atoms with Gasteiger partial charge >= 0.3 is 20.1 Å². The second-order valence-electron chi connectivity index (χ2n) is 10.6. The predicted molar refractivity (Wildman–Crippen MR) is 151 cm³/mol. The number of aliphatic hydroxyl groups is 1. The van der Waals surface area contributed by atoms with Gasteiger partial charge in [-0.1, -0.05) is 0 Å². The van der Waals surface area contributed by atoms with Crippen LogP contribution in [0.2, 0.25) is 0 Å². The molecule has 21 heteroatoms. The maximum absolute atomic E-state index is 16.3. The molecule has 4 atom stereocenters. The van der Waals surface area contributed by atoms with E-state index in [1.54, 1.807) is 6.92 Å². The molecule has 3 heterocycles. The Morgan fingerprint density at radius 1 is 1.13 bits per heavy atom. The lowest BCUT2D eigenvalue weighted by atomic mass is 9.84. The van der Waals surface area contributed by atoms with Crippen LogP contribution < -0.4 is 10.5 Å². The van der Waals surface area contributed by atoms with Crippen LogP contribution >= 0.6 is 7.82 Å². The van der Waals surface area contributed by atoms with Gasteiger partial charge in [0.2, 0.25) is 25.4 Å². The number of carbonyl (C=O) groups excluding carboxylic acids is 2. The lowest BCUT2D eigenvalue weighted by Gasteiger charge is -2.38. The number of rotatable bonds is 14. The number of nitrogen functional groups attached to an aromatic ring is 1. The van der Waals surface area contributed by atoms with E-state index in [1.165, 1.54) is 38.6 Å². The monoisotopic (exact) mass is 685 g/mol. The van der Waals surface area contributed by atoms with Gasteiger partial charge in [0.1, 0.15) is 5.60 Å². The number of carbonyl (C=O) groups is 2. The van der Waals surface area contributed by atoms with Crippen molar-refractivity contribution in [1.29, 1.82) is 0 Å². The summed E-state index contributed by atoms with van der Waals surface area (Å²) in [6.07, 6.45) is -5.11. The molecule has 2 aromatic heterocycles. The molecule has 0 unspecified atom stereocenters. The number of nitrogens with two attached hydrogens (primary N) is 1. The average Bonchev–Trinajstić information content (AvgIpc) is 3.33. The van der Waals surface area contributed by atoms with Crippen LogP contribution in [0.5, 0.6) is 5.88 Å². The topological polar surface area (TPSA) is 224 Å². The van der Waals surface area contributed by atoms with Crippen molar-refractivity contribution in [2.75, 3.05) is 45.7 Å². The molecule has 0 bridgehead atoms. The highest BCUT2D eigenvalue weighted by atomic mass is 31.2. The molecule has 0 aromatic carbocycles. The number of halogens is 2. The molecular formula is C25H38F2N5O13P. The van der Waals surface area contributed by atoms with E-state index in [0.29, 0.717) is 0 Å². The highest BCUT2D eigenvalue weighted by Gasteiger charge is 2.57. The molecule has 18 nitrogen and oxygen atoms in total. The zero-order chi connectivity index (χ0) is 34.3. The zero-order valence-electron chi connectivity index (χ0n) is 26.0. The van der Waals surface area contributed by atoms with E-state index in [4.69, 9.17) is 38.3 Å². The molecule has 0 amide bonds. The van der Waals surface area contributed by atoms with Crippen molar-refractivity contribution in [3.63, 3.8) is 0 Å². The Bertz CT molecular complexity index is 1370. The lowest BCUT2D eigenvalue weighted by molar-refractivity contribution is -0.124. The molecule has 0 radical (unpaired) electrons. The third-order valence-electron chi connectivity index (χ3n) is 6.18. The average molecular weight is 686 g/mol. The normalized spacial score (nSPS) is 23.7. The van der Waals surface area contributed by atoms with Crippen molar-refractivity contribution in [1.82, 2.24) is 19.5 Å². The minimum Gasteiger partial charge on any atom is -0.476 e. The lowest BCUT2D eigenvalue weighted by Crippen LogP contribution is -2.56. The first-order valence-corrected chi connectivity index (χ1v) is 15.4. The van der Waals surface area contributed by atoms with E-state index < -0.39 is 89.2 Å². The first-order valence-electron chi connectivity index (χ1n) is 14.0. The second kappa shape index (κ2) is 15.4. The standard InChI is InChI=1S/C25H38F2N5O13P/c1-7-38-19-17-18(30-21(28)31-19)32(11-29-17)16-8-37-9-25(27,20(26)24(16,6)35)10-41-46(36,42-12-39-22(33)44-14(2)3)43-13-40-23(34)45-15(4)5/h11,14-16,20,35H,7-10,12-13H2,1-6H3,(H2,28,30,31)/t16-,20+,24+,25+/m1/s1. The minimum atomic E-state index is -4.98. The molecule has 1 fully saturated rings. The van der Waals surface area contributed by atoms with Gasteiger partial charge in [-0.3, -0.25) is 4.52 Å². The fourth-order valence-corrected chi connectivity index (χ4v) is 5.11. The van der Waals surface area contributed by atoms with E-state index >= 15 is 8.78 Å². The Kier molecular flexibility index (Phi) is 12.4. The molecule has 3 N–H and O–H groups in total. The van der Waals surface area contributed by atoms with Crippen LogP contribution in [0.15, 0.2) is 6.33 Å². The number of phosphoric ester groups is 1. The second-order valence-corrected chi connectivity index (χ2v) is 12.3. The van der Waals surface area contributed by atoms with E-state index in [2.05, 4.69) is 24.4 Å². The summed E-state index contributed by atoms with van der Waals surface area (Å²) in [6, 6.07) is -1.33. The first kappa shape index (κ1) is 37.0. The molecule has 1 aliphatic heterocycles. The van der Waals surface area contributed by atoms with Crippen LogP contribution in [-0.2, 0) is 41.8 Å². The van der Waals surface area contributed by atoms with Gasteiger partial charge in [-0.2, -0.15) is 9.97 Å². The number of alkyl halides is 2. The third-order valence-corrected chi connectivity index (χ3v) is 7.47. The maximum atomic E-state index is 16.3. The maximum Gasteiger partial charge on any atom is 0.510 e. The smallest absolute Gasteiger partial charge is 0.476 e. The van der Waals surface area contributed by atoms with Crippen LogP contribution in [0, 0.1) is 0 Å². The number of imidazole rings is 1. The highest BCUT2D eigenvalue weighted by molar-refractivity contribution is 7.48. The summed E-state index contributed by atoms with van der Waals surface area (Å²) in [5.74, 6) is -0.155.